The first-order valence-electron chi connectivity index (χ1n) is 7.39. The summed E-state index contributed by atoms with van der Waals surface area (Å²) in [6.45, 7) is 0.581. The van der Waals surface area contributed by atoms with E-state index in [2.05, 4.69) is 4.98 Å². The lowest BCUT2D eigenvalue weighted by molar-refractivity contribution is 0.725. The Labute approximate surface area is 153 Å². The molecule has 120 valence electrons. The molecule has 1 aromatic heterocycles. The van der Waals surface area contributed by atoms with Gasteiger partial charge >= 0.3 is 0 Å². The maximum atomic E-state index is 12.7. The number of fused-ring (bicyclic) bond motifs is 2. The summed E-state index contributed by atoms with van der Waals surface area (Å²) in [5, 5.41) is 2.20. The Morgan fingerprint density at radius 3 is 2.58 bits per heavy atom. The normalized spacial score (nSPS) is 15.2. The zero-order valence-electron chi connectivity index (χ0n) is 12.4. The van der Waals surface area contributed by atoms with E-state index in [0.29, 0.717) is 44.8 Å². The van der Waals surface area contributed by atoms with Gasteiger partial charge in [0.25, 0.3) is 5.56 Å². The molecule has 0 saturated heterocycles. The SMILES string of the molecule is O=c1c2cc(Cl)ccc2nc2n1CCC2=Cc1c(Cl)cccc1Cl. The molecule has 0 saturated carbocycles. The molecule has 0 aliphatic carbocycles. The summed E-state index contributed by atoms with van der Waals surface area (Å²) in [5.41, 5.74) is 2.24. The first-order valence-corrected chi connectivity index (χ1v) is 8.53. The van der Waals surface area contributed by atoms with E-state index in [1.165, 1.54) is 0 Å². The van der Waals surface area contributed by atoms with Gasteiger partial charge in [-0.15, -0.1) is 0 Å². The van der Waals surface area contributed by atoms with Crippen LogP contribution in [0.2, 0.25) is 15.1 Å². The number of rotatable bonds is 1. The third kappa shape index (κ3) is 2.53. The minimum atomic E-state index is -0.0776. The number of hydrogen-bond acceptors (Lipinski definition) is 2. The molecule has 0 spiro atoms. The predicted octanol–water partition coefficient (Wildman–Crippen LogP) is 5.30. The monoisotopic (exact) mass is 376 g/mol. The lowest BCUT2D eigenvalue weighted by Gasteiger charge is -2.07. The second-order valence-electron chi connectivity index (χ2n) is 5.61. The van der Waals surface area contributed by atoms with E-state index >= 15 is 0 Å². The van der Waals surface area contributed by atoms with Gasteiger partial charge < -0.3 is 0 Å². The van der Waals surface area contributed by atoms with Crippen LogP contribution >= 0.6 is 34.8 Å². The molecular weight excluding hydrogens is 367 g/mol. The van der Waals surface area contributed by atoms with Crippen LogP contribution in [0.1, 0.15) is 17.8 Å². The largest absolute Gasteiger partial charge is 0.292 e. The molecule has 2 heterocycles. The van der Waals surface area contributed by atoms with Crippen molar-refractivity contribution in [3.8, 4) is 0 Å². The molecule has 2 aromatic carbocycles. The molecule has 3 aromatic rings. The fourth-order valence-electron chi connectivity index (χ4n) is 2.95. The molecule has 0 unspecified atom stereocenters. The smallest absolute Gasteiger partial charge is 0.261 e. The Morgan fingerprint density at radius 1 is 1.08 bits per heavy atom. The van der Waals surface area contributed by atoms with Gasteiger partial charge in [0.1, 0.15) is 5.82 Å². The first kappa shape index (κ1) is 15.7. The van der Waals surface area contributed by atoms with Crippen molar-refractivity contribution in [3.05, 3.63) is 73.2 Å². The fraction of sp³-hybridized carbons (Fsp3) is 0.111. The highest BCUT2D eigenvalue weighted by molar-refractivity contribution is 6.37. The van der Waals surface area contributed by atoms with Gasteiger partial charge in [-0.3, -0.25) is 9.36 Å². The standard InChI is InChI=1S/C18H11Cl3N2O/c19-11-4-5-16-13(9-11)18(24)23-7-6-10(17(23)22-16)8-12-14(20)2-1-3-15(12)21/h1-5,8-9H,6-7H2. The summed E-state index contributed by atoms with van der Waals surface area (Å²) in [6.07, 6.45) is 2.62. The molecule has 0 N–H and O–H groups in total. The summed E-state index contributed by atoms with van der Waals surface area (Å²) in [6, 6.07) is 10.5. The summed E-state index contributed by atoms with van der Waals surface area (Å²) in [5.74, 6) is 0.658. The number of nitrogens with zero attached hydrogens (tertiary/aromatic N) is 2. The highest BCUT2D eigenvalue weighted by Gasteiger charge is 2.21. The number of benzene rings is 2. The van der Waals surface area contributed by atoms with Gasteiger partial charge in [0.05, 0.1) is 10.9 Å². The van der Waals surface area contributed by atoms with Crippen molar-refractivity contribution in [1.29, 1.82) is 0 Å². The second kappa shape index (κ2) is 5.92. The van der Waals surface area contributed by atoms with Crippen LogP contribution in [0.25, 0.3) is 22.6 Å². The van der Waals surface area contributed by atoms with Crippen molar-refractivity contribution in [1.82, 2.24) is 9.55 Å². The van der Waals surface area contributed by atoms with Gasteiger partial charge in [0, 0.05) is 27.2 Å². The average molecular weight is 378 g/mol. The van der Waals surface area contributed by atoms with Crippen LogP contribution in [0.4, 0.5) is 0 Å². The lowest BCUT2D eigenvalue weighted by Crippen LogP contribution is -2.20. The molecule has 6 heteroatoms. The minimum Gasteiger partial charge on any atom is -0.292 e. The Morgan fingerprint density at radius 2 is 1.83 bits per heavy atom. The molecule has 0 fully saturated rings. The van der Waals surface area contributed by atoms with Gasteiger partial charge in [0.15, 0.2) is 0 Å². The molecular formula is C18H11Cl3N2O. The van der Waals surface area contributed by atoms with E-state index in [1.54, 1.807) is 41.0 Å². The number of hydrogen-bond donors (Lipinski definition) is 0. The van der Waals surface area contributed by atoms with Crippen molar-refractivity contribution in [3.63, 3.8) is 0 Å². The zero-order valence-corrected chi connectivity index (χ0v) is 14.7. The molecule has 0 amide bonds. The van der Waals surface area contributed by atoms with Gasteiger partial charge in [-0.25, -0.2) is 4.98 Å². The molecule has 3 nitrogen and oxygen atoms in total. The molecule has 1 aliphatic rings. The maximum absolute atomic E-state index is 12.7. The average Bonchev–Trinajstić information content (AvgIpc) is 2.95. The van der Waals surface area contributed by atoms with Crippen LogP contribution < -0.4 is 5.56 Å². The van der Waals surface area contributed by atoms with E-state index in [-0.39, 0.29) is 5.56 Å². The van der Waals surface area contributed by atoms with Crippen LogP contribution in [-0.2, 0) is 6.54 Å². The van der Waals surface area contributed by atoms with Crippen LogP contribution in [0.15, 0.2) is 41.2 Å². The molecule has 1 aliphatic heterocycles. The highest BCUT2D eigenvalue weighted by atomic mass is 35.5. The van der Waals surface area contributed by atoms with E-state index in [9.17, 15) is 4.79 Å². The van der Waals surface area contributed by atoms with Crippen molar-refractivity contribution in [2.24, 2.45) is 0 Å². The topological polar surface area (TPSA) is 34.9 Å². The molecule has 0 atom stereocenters. The van der Waals surface area contributed by atoms with Crippen molar-refractivity contribution < 1.29 is 0 Å². The van der Waals surface area contributed by atoms with Crippen molar-refractivity contribution >= 4 is 57.4 Å². The van der Waals surface area contributed by atoms with Gasteiger partial charge in [-0.1, -0.05) is 40.9 Å². The Bertz CT molecular complexity index is 1050. The predicted molar refractivity (Wildman–Crippen MR) is 100.0 cm³/mol. The van der Waals surface area contributed by atoms with Crippen LogP contribution in [0, 0.1) is 0 Å². The summed E-state index contributed by atoms with van der Waals surface area (Å²) < 4.78 is 1.68. The quantitative estimate of drug-likeness (QED) is 0.576. The second-order valence-corrected chi connectivity index (χ2v) is 6.86. The minimum absolute atomic E-state index is 0.0776. The Balaban J connectivity index is 1.94. The van der Waals surface area contributed by atoms with E-state index in [0.717, 1.165) is 11.1 Å². The van der Waals surface area contributed by atoms with E-state index < -0.39 is 0 Å². The van der Waals surface area contributed by atoms with Crippen molar-refractivity contribution in [2.45, 2.75) is 13.0 Å². The van der Waals surface area contributed by atoms with Gasteiger partial charge in [0.2, 0.25) is 0 Å². The zero-order chi connectivity index (χ0) is 16.8. The Kier molecular flexibility index (Phi) is 3.87. The molecule has 0 radical (unpaired) electrons. The van der Waals surface area contributed by atoms with Gasteiger partial charge in [-0.05, 0) is 48.4 Å². The maximum Gasteiger partial charge on any atom is 0.261 e. The number of allylic oxidation sites excluding steroid dienone is 1. The molecule has 4 rings (SSSR count). The third-order valence-electron chi connectivity index (χ3n) is 4.13. The van der Waals surface area contributed by atoms with E-state index in [4.69, 9.17) is 34.8 Å². The van der Waals surface area contributed by atoms with E-state index in [1.807, 2.05) is 6.08 Å². The van der Waals surface area contributed by atoms with Gasteiger partial charge in [-0.2, -0.15) is 0 Å². The fourth-order valence-corrected chi connectivity index (χ4v) is 3.63. The summed E-state index contributed by atoms with van der Waals surface area (Å²) >= 11 is 18.5. The summed E-state index contributed by atoms with van der Waals surface area (Å²) in [4.78, 5) is 17.3. The third-order valence-corrected chi connectivity index (χ3v) is 5.02. The first-order chi connectivity index (χ1) is 11.5. The number of aromatic nitrogens is 2. The Hall–Kier alpha value is -1.81. The highest BCUT2D eigenvalue weighted by Crippen LogP contribution is 2.32. The number of halogens is 3. The van der Waals surface area contributed by atoms with Crippen LogP contribution in [0.3, 0.4) is 0 Å². The van der Waals surface area contributed by atoms with Crippen LogP contribution in [0.5, 0.6) is 0 Å². The van der Waals surface area contributed by atoms with Crippen molar-refractivity contribution in [2.75, 3.05) is 0 Å². The summed E-state index contributed by atoms with van der Waals surface area (Å²) in [7, 11) is 0. The molecule has 24 heavy (non-hydrogen) atoms. The lowest BCUT2D eigenvalue weighted by atomic mass is 10.1. The van der Waals surface area contributed by atoms with Crippen LogP contribution in [-0.4, -0.2) is 9.55 Å². The molecule has 0 bridgehead atoms.